The molecule has 0 atom stereocenters. The Labute approximate surface area is 139 Å². The zero-order valence-corrected chi connectivity index (χ0v) is 14.2. The number of hydrogen-bond donors (Lipinski definition) is 3. The number of aromatic nitrogens is 1. The molecule has 21 heavy (non-hydrogen) atoms. The van der Waals surface area contributed by atoms with Crippen molar-refractivity contribution in [3.05, 3.63) is 45.1 Å². The maximum absolute atomic E-state index is 12.4. The van der Waals surface area contributed by atoms with Gasteiger partial charge in [-0.2, -0.15) is 0 Å². The average Bonchev–Trinajstić information content (AvgIpc) is 2.48. The molecule has 0 bridgehead atoms. The topological polar surface area (TPSA) is 97.1 Å². The molecule has 0 spiro atoms. The Morgan fingerprint density at radius 3 is 2.52 bits per heavy atom. The number of halogens is 3. The van der Waals surface area contributed by atoms with E-state index in [1.54, 1.807) is 6.07 Å². The van der Waals surface area contributed by atoms with E-state index in [2.05, 4.69) is 31.1 Å². The lowest BCUT2D eigenvalue weighted by molar-refractivity contribution is 0.601. The smallest absolute Gasteiger partial charge is 0.265 e. The summed E-state index contributed by atoms with van der Waals surface area (Å²) >= 11 is 15.2. The van der Waals surface area contributed by atoms with Gasteiger partial charge in [0, 0.05) is 16.9 Å². The molecule has 0 amide bonds. The van der Waals surface area contributed by atoms with Crippen LogP contribution in [0.25, 0.3) is 0 Å². The average molecular weight is 412 g/mol. The molecule has 0 saturated heterocycles. The summed E-state index contributed by atoms with van der Waals surface area (Å²) in [6, 6.07) is 4.50. The van der Waals surface area contributed by atoms with Crippen LogP contribution in [0.15, 0.2) is 40.0 Å². The molecule has 1 heterocycles. The predicted molar refractivity (Wildman–Crippen MR) is 87.0 cm³/mol. The van der Waals surface area contributed by atoms with Crippen molar-refractivity contribution >= 4 is 60.5 Å². The molecule has 6 nitrogen and oxygen atoms in total. The molecule has 1 aromatic heterocycles. The van der Waals surface area contributed by atoms with Gasteiger partial charge < -0.3 is 5.43 Å². The molecular weight excluding hydrogens is 403 g/mol. The third-order valence-electron chi connectivity index (χ3n) is 2.51. The highest BCUT2D eigenvalue weighted by Crippen LogP contribution is 2.37. The minimum absolute atomic E-state index is 0.0840. The highest BCUT2D eigenvalue weighted by molar-refractivity contribution is 9.10. The molecule has 0 saturated carbocycles. The van der Waals surface area contributed by atoms with Crippen LogP contribution in [0.1, 0.15) is 0 Å². The van der Waals surface area contributed by atoms with E-state index in [4.69, 9.17) is 29.0 Å². The number of nitrogen functional groups attached to an aromatic ring is 1. The van der Waals surface area contributed by atoms with Gasteiger partial charge in [-0.1, -0.05) is 23.2 Å². The molecule has 0 fully saturated rings. The Hall–Kier alpha value is -1.06. The number of rotatable bonds is 4. The summed E-state index contributed by atoms with van der Waals surface area (Å²) in [5, 5.41) is 0.293. The first-order valence-corrected chi connectivity index (χ1v) is 8.47. The van der Waals surface area contributed by atoms with E-state index in [9.17, 15) is 8.42 Å². The van der Waals surface area contributed by atoms with Gasteiger partial charge in [-0.05, 0) is 34.1 Å². The Kier molecular flexibility index (Phi) is 4.95. The van der Waals surface area contributed by atoms with Gasteiger partial charge in [0.1, 0.15) is 4.90 Å². The second kappa shape index (κ2) is 6.37. The zero-order chi connectivity index (χ0) is 15.6. The molecule has 0 aliphatic carbocycles. The number of sulfonamides is 1. The van der Waals surface area contributed by atoms with Gasteiger partial charge in [0.2, 0.25) is 0 Å². The number of anilines is 2. The molecular formula is C11H9BrCl2N4O2S. The maximum Gasteiger partial charge on any atom is 0.265 e. The Balaban J connectivity index is 2.45. The van der Waals surface area contributed by atoms with Gasteiger partial charge in [0.05, 0.1) is 21.4 Å². The van der Waals surface area contributed by atoms with Crippen LogP contribution < -0.4 is 16.0 Å². The lowest BCUT2D eigenvalue weighted by atomic mass is 10.3. The quantitative estimate of drug-likeness (QED) is 0.407. The van der Waals surface area contributed by atoms with Crippen molar-refractivity contribution in [2.24, 2.45) is 5.84 Å². The van der Waals surface area contributed by atoms with Crippen molar-refractivity contribution in [1.82, 2.24) is 4.98 Å². The molecule has 2 aromatic rings. The number of nitrogens with zero attached hydrogens (tertiary/aromatic N) is 1. The second-order valence-corrected chi connectivity index (χ2v) is 7.11. The van der Waals surface area contributed by atoms with Crippen LogP contribution in [0.4, 0.5) is 11.4 Å². The normalized spacial score (nSPS) is 11.2. The van der Waals surface area contributed by atoms with Crippen molar-refractivity contribution in [1.29, 1.82) is 0 Å². The fourth-order valence-electron chi connectivity index (χ4n) is 1.52. The first-order valence-electron chi connectivity index (χ1n) is 5.43. The van der Waals surface area contributed by atoms with Gasteiger partial charge in [-0.15, -0.1) is 0 Å². The standard InChI is InChI=1S/C11H9BrCl2N4O2S/c12-6-1-2-8(11(14)10(6)13)18-21(19,20)9-5-16-4-3-7(9)17-15/h1-5,18H,15H2,(H,16,17). The van der Waals surface area contributed by atoms with Crippen LogP contribution in [0.3, 0.4) is 0 Å². The van der Waals surface area contributed by atoms with Gasteiger partial charge >= 0.3 is 0 Å². The number of benzene rings is 1. The number of nitrogens with one attached hydrogen (secondary N) is 2. The van der Waals surface area contributed by atoms with Gasteiger partial charge in [0.15, 0.2) is 0 Å². The van der Waals surface area contributed by atoms with E-state index in [1.165, 1.54) is 24.5 Å². The van der Waals surface area contributed by atoms with E-state index in [-0.39, 0.29) is 26.3 Å². The number of pyridine rings is 1. The fraction of sp³-hybridized carbons (Fsp3) is 0. The van der Waals surface area contributed by atoms with Crippen molar-refractivity contribution < 1.29 is 8.42 Å². The minimum atomic E-state index is -3.92. The molecule has 112 valence electrons. The lowest BCUT2D eigenvalue weighted by Gasteiger charge is -2.13. The predicted octanol–water partition coefficient (Wildman–Crippen LogP) is 3.24. The number of hydrogen-bond acceptors (Lipinski definition) is 5. The third-order valence-corrected chi connectivity index (χ3v) is 5.67. The largest absolute Gasteiger partial charge is 0.323 e. The zero-order valence-electron chi connectivity index (χ0n) is 10.3. The maximum atomic E-state index is 12.4. The molecule has 0 unspecified atom stereocenters. The minimum Gasteiger partial charge on any atom is -0.323 e. The lowest BCUT2D eigenvalue weighted by Crippen LogP contribution is -2.18. The van der Waals surface area contributed by atoms with Crippen molar-refractivity contribution in [2.75, 3.05) is 10.1 Å². The highest BCUT2D eigenvalue weighted by Gasteiger charge is 2.21. The molecule has 1 aromatic carbocycles. The summed E-state index contributed by atoms with van der Waals surface area (Å²) in [7, 11) is -3.92. The van der Waals surface area contributed by atoms with E-state index in [0.717, 1.165) is 0 Å². The van der Waals surface area contributed by atoms with Gasteiger partial charge in [0.25, 0.3) is 10.0 Å². The summed E-state index contributed by atoms with van der Waals surface area (Å²) < 4.78 is 27.6. The van der Waals surface area contributed by atoms with E-state index in [0.29, 0.717) is 4.47 Å². The van der Waals surface area contributed by atoms with Crippen molar-refractivity contribution in [3.8, 4) is 0 Å². The Morgan fingerprint density at radius 1 is 1.14 bits per heavy atom. The molecule has 2 rings (SSSR count). The number of hydrazine groups is 1. The number of nitrogens with two attached hydrogens (primary N) is 1. The van der Waals surface area contributed by atoms with Crippen LogP contribution in [-0.4, -0.2) is 13.4 Å². The van der Waals surface area contributed by atoms with Crippen LogP contribution in [0, 0.1) is 0 Å². The van der Waals surface area contributed by atoms with E-state index < -0.39 is 10.0 Å². The fourth-order valence-corrected chi connectivity index (χ4v) is 3.58. The highest BCUT2D eigenvalue weighted by atomic mass is 79.9. The van der Waals surface area contributed by atoms with Crippen molar-refractivity contribution in [3.63, 3.8) is 0 Å². The molecule has 10 heteroatoms. The van der Waals surface area contributed by atoms with E-state index in [1.807, 2.05) is 0 Å². The van der Waals surface area contributed by atoms with Crippen LogP contribution in [0.2, 0.25) is 10.0 Å². The van der Waals surface area contributed by atoms with Crippen LogP contribution >= 0.6 is 39.1 Å². The first kappa shape index (κ1) is 16.3. The van der Waals surface area contributed by atoms with E-state index >= 15 is 0 Å². The summed E-state index contributed by atoms with van der Waals surface area (Å²) in [5.41, 5.74) is 2.65. The SMILES string of the molecule is NNc1ccncc1S(=O)(=O)Nc1ccc(Br)c(Cl)c1Cl. The second-order valence-electron chi connectivity index (χ2n) is 3.84. The Morgan fingerprint density at radius 2 is 1.86 bits per heavy atom. The summed E-state index contributed by atoms with van der Waals surface area (Å²) in [5.74, 6) is 5.29. The molecule has 0 radical (unpaired) electrons. The van der Waals surface area contributed by atoms with Gasteiger partial charge in [-0.3, -0.25) is 15.5 Å². The molecule has 0 aliphatic rings. The first-order chi connectivity index (χ1) is 9.86. The summed E-state index contributed by atoms with van der Waals surface area (Å²) in [6.45, 7) is 0. The summed E-state index contributed by atoms with van der Waals surface area (Å²) in [6.07, 6.45) is 2.59. The third kappa shape index (κ3) is 3.41. The van der Waals surface area contributed by atoms with Crippen molar-refractivity contribution in [2.45, 2.75) is 4.90 Å². The van der Waals surface area contributed by atoms with Crippen LogP contribution in [-0.2, 0) is 10.0 Å². The van der Waals surface area contributed by atoms with Crippen LogP contribution in [0.5, 0.6) is 0 Å². The van der Waals surface area contributed by atoms with Gasteiger partial charge in [-0.25, -0.2) is 8.42 Å². The monoisotopic (exact) mass is 410 g/mol. The Bertz CT molecular complexity index is 786. The summed E-state index contributed by atoms with van der Waals surface area (Å²) in [4.78, 5) is 3.67. The molecule has 4 N–H and O–H groups in total. The molecule has 0 aliphatic heterocycles.